The lowest BCUT2D eigenvalue weighted by Crippen LogP contribution is -2.32. The van der Waals surface area contributed by atoms with Crippen molar-refractivity contribution >= 4 is 0 Å². The minimum Gasteiger partial charge on any atom is -0.496 e. The quantitative estimate of drug-likeness (QED) is 0.668. The molecule has 1 rings (SSSR count). The molecule has 0 amide bonds. The van der Waals surface area contributed by atoms with Crippen LogP contribution in [0.3, 0.4) is 0 Å². The molecule has 1 unspecified atom stereocenters. The minimum atomic E-state index is -0.458. The van der Waals surface area contributed by atoms with Crippen molar-refractivity contribution < 1.29 is 14.6 Å². The lowest BCUT2D eigenvalue weighted by Gasteiger charge is -2.14. The molecule has 0 aliphatic heterocycles. The standard InChI is InChI=1S/C15H25NO3/c1-12(2)19-11-14(17)10-16-9-8-13-6-4-5-7-15(13)18-3/h4-7,12,14,16-17H,8-11H2,1-3H3. The molecule has 0 radical (unpaired) electrons. The molecule has 108 valence electrons. The van der Waals surface area contributed by atoms with Crippen LogP contribution in [0, 0.1) is 0 Å². The fourth-order valence-corrected chi connectivity index (χ4v) is 1.76. The molecule has 0 saturated carbocycles. The average Bonchev–Trinajstić information content (AvgIpc) is 2.41. The van der Waals surface area contributed by atoms with Crippen molar-refractivity contribution in [1.29, 1.82) is 0 Å². The molecule has 1 atom stereocenters. The van der Waals surface area contributed by atoms with Gasteiger partial charge in [-0.25, -0.2) is 0 Å². The molecule has 1 aromatic rings. The van der Waals surface area contributed by atoms with Crippen LogP contribution in [-0.2, 0) is 11.2 Å². The Balaban J connectivity index is 2.20. The van der Waals surface area contributed by atoms with Crippen LogP contribution in [0.15, 0.2) is 24.3 Å². The second-order valence-electron chi connectivity index (χ2n) is 4.80. The van der Waals surface area contributed by atoms with Crippen molar-refractivity contribution in [2.24, 2.45) is 0 Å². The van der Waals surface area contributed by atoms with Gasteiger partial charge in [-0.2, -0.15) is 0 Å². The van der Waals surface area contributed by atoms with Gasteiger partial charge in [0.25, 0.3) is 0 Å². The second-order valence-corrected chi connectivity index (χ2v) is 4.80. The molecule has 0 aliphatic rings. The SMILES string of the molecule is COc1ccccc1CCNCC(O)COC(C)C. The summed E-state index contributed by atoms with van der Waals surface area (Å²) < 4.78 is 10.6. The normalized spacial score (nSPS) is 12.7. The first kappa shape index (κ1) is 16.0. The van der Waals surface area contributed by atoms with Crippen molar-refractivity contribution in [3.63, 3.8) is 0 Å². The maximum Gasteiger partial charge on any atom is 0.122 e. The summed E-state index contributed by atoms with van der Waals surface area (Å²) in [4.78, 5) is 0. The lowest BCUT2D eigenvalue weighted by molar-refractivity contribution is 0.00652. The number of nitrogens with one attached hydrogen (secondary N) is 1. The van der Waals surface area contributed by atoms with E-state index in [0.29, 0.717) is 13.2 Å². The molecule has 2 N–H and O–H groups in total. The summed E-state index contributed by atoms with van der Waals surface area (Å²) in [6.45, 7) is 5.64. The van der Waals surface area contributed by atoms with Crippen LogP contribution in [-0.4, -0.2) is 44.1 Å². The van der Waals surface area contributed by atoms with Gasteiger partial charge in [-0.3, -0.25) is 0 Å². The maximum atomic E-state index is 9.68. The molecule has 0 saturated heterocycles. The third-order valence-corrected chi connectivity index (χ3v) is 2.77. The van der Waals surface area contributed by atoms with Gasteiger partial charge in [-0.1, -0.05) is 18.2 Å². The first-order chi connectivity index (χ1) is 9.13. The van der Waals surface area contributed by atoms with Crippen molar-refractivity contribution in [3.8, 4) is 5.75 Å². The van der Waals surface area contributed by atoms with Crippen molar-refractivity contribution in [1.82, 2.24) is 5.32 Å². The van der Waals surface area contributed by atoms with Gasteiger partial charge in [0.05, 0.1) is 25.9 Å². The smallest absolute Gasteiger partial charge is 0.122 e. The van der Waals surface area contributed by atoms with Crippen molar-refractivity contribution in [2.75, 3.05) is 26.8 Å². The number of benzene rings is 1. The second kappa shape index (κ2) is 8.91. The number of aliphatic hydroxyl groups is 1. The summed E-state index contributed by atoms with van der Waals surface area (Å²) in [5.41, 5.74) is 1.17. The molecule has 19 heavy (non-hydrogen) atoms. The Kier molecular flexibility index (Phi) is 7.48. The summed E-state index contributed by atoms with van der Waals surface area (Å²) >= 11 is 0. The van der Waals surface area contributed by atoms with Crippen LogP contribution in [0.25, 0.3) is 0 Å². The number of para-hydroxylation sites is 1. The number of hydrogen-bond acceptors (Lipinski definition) is 4. The summed E-state index contributed by atoms with van der Waals surface area (Å²) in [7, 11) is 1.68. The number of hydrogen-bond donors (Lipinski definition) is 2. The number of ether oxygens (including phenoxy) is 2. The van der Waals surface area contributed by atoms with E-state index < -0.39 is 6.10 Å². The van der Waals surface area contributed by atoms with Crippen molar-refractivity contribution in [3.05, 3.63) is 29.8 Å². The third-order valence-electron chi connectivity index (χ3n) is 2.77. The van der Waals surface area contributed by atoms with Gasteiger partial charge in [0, 0.05) is 6.54 Å². The van der Waals surface area contributed by atoms with E-state index in [1.54, 1.807) is 7.11 Å². The first-order valence-corrected chi connectivity index (χ1v) is 6.75. The Hall–Kier alpha value is -1.10. The minimum absolute atomic E-state index is 0.156. The number of aliphatic hydroxyl groups excluding tert-OH is 1. The van der Waals surface area contributed by atoms with Gasteiger partial charge >= 0.3 is 0 Å². The zero-order valence-electron chi connectivity index (χ0n) is 12.1. The van der Waals surface area contributed by atoms with E-state index in [1.807, 2.05) is 32.0 Å². The molecule has 0 heterocycles. The fraction of sp³-hybridized carbons (Fsp3) is 0.600. The van der Waals surface area contributed by atoms with Gasteiger partial charge < -0.3 is 19.9 Å². The van der Waals surface area contributed by atoms with Crippen LogP contribution in [0.2, 0.25) is 0 Å². The molecule has 0 fully saturated rings. The highest BCUT2D eigenvalue weighted by atomic mass is 16.5. The monoisotopic (exact) mass is 267 g/mol. The highest BCUT2D eigenvalue weighted by Gasteiger charge is 2.06. The molecule has 4 nitrogen and oxygen atoms in total. The summed E-state index contributed by atoms with van der Waals surface area (Å²) in [5, 5.41) is 12.9. The van der Waals surface area contributed by atoms with Crippen LogP contribution in [0.4, 0.5) is 0 Å². The Bertz CT molecular complexity index is 355. The predicted molar refractivity (Wildman–Crippen MR) is 76.7 cm³/mol. The predicted octanol–water partition coefficient (Wildman–Crippen LogP) is 1.61. The first-order valence-electron chi connectivity index (χ1n) is 6.75. The molecular formula is C15H25NO3. The van der Waals surface area contributed by atoms with Gasteiger partial charge in [0.2, 0.25) is 0 Å². The van der Waals surface area contributed by atoms with E-state index in [9.17, 15) is 5.11 Å². The van der Waals surface area contributed by atoms with Gasteiger partial charge in [0.1, 0.15) is 5.75 Å². The third kappa shape index (κ3) is 6.57. The maximum absolute atomic E-state index is 9.68. The van der Waals surface area contributed by atoms with Crippen molar-refractivity contribution in [2.45, 2.75) is 32.5 Å². The highest BCUT2D eigenvalue weighted by molar-refractivity contribution is 5.33. The summed E-state index contributed by atoms with van der Waals surface area (Å²) in [6, 6.07) is 7.98. The Morgan fingerprint density at radius 2 is 2.00 bits per heavy atom. The average molecular weight is 267 g/mol. The molecular weight excluding hydrogens is 242 g/mol. The summed E-state index contributed by atoms with van der Waals surface area (Å²) in [5.74, 6) is 0.910. The summed E-state index contributed by atoms with van der Waals surface area (Å²) in [6.07, 6.45) is 0.574. The van der Waals surface area contributed by atoms with E-state index in [4.69, 9.17) is 9.47 Å². The van der Waals surface area contributed by atoms with E-state index in [2.05, 4.69) is 11.4 Å². The zero-order chi connectivity index (χ0) is 14.1. The molecule has 0 spiro atoms. The molecule has 4 heteroatoms. The highest BCUT2D eigenvalue weighted by Crippen LogP contribution is 2.17. The Labute approximate surface area is 115 Å². The number of methoxy groups -OCH3 is 1. The van der Waals surface area contributed by atoms with Gasteiger partial charge in [-0.15, -0.1) is 0 Å². The molecule has 0 aliphatic carbocycles. The largest absolute Gasteiger partial charge is 0.496 e. The van der Waals surface area contributed by atoms with E-state index in [1.165, 1.54) is 5.56 Å². The van der Waals surface area contributed by atoms with Crippen LogP contribution < -0.4 is 10.1 Å². The van der Waals surface area contributed by atoms with Crippen LogP contribution in [0.5, 0.6) is 5.75 Å². The molecule has 1 aromatic carbocycles. The molecule has 0 bridgehead atoms. The zero-order valence-corrected chi connectivity index (χ0v) is 12.1. The Morgan fingerprint density at radius 1 is 1.26 bits per heavy atom. The Morgan fingerprint density at radius 3 is 2.68 bits per heavy atom. The van der Waals surface area contributed by atoms with E-state index in [0.717, 1.165) is 18.7 Å². The number of rotatable bonds is 9. The molecule has 0 aromatic heterocycles. The topological polar surface area (TPSA) is 50.7 Å². The van der Waals surface area contributed by atoms with Gasteiger partial charge in [0.15, 0.2) is 0 Å². The lowest BCUT2D eigenvalue weighted by atomic mass is 10.1. The van der Waals surface area contributed by atoms with E-state index >= 15 is 0 Å². The van der Waals surface area contributed by atoms with Crippen LogP contribution >= 0.6 is 0 Å². The van der Waals surface area contributed by atoms with E-state index in [-0.39, 0.29) is 6.10 Å². The fourth-order valence-electron chi connectivity index (χ4n) is 1.76. The van der Waals surface area contributed by atoms with Gasteiger partial charge in [-0.05, 0) is 38.4 Å². The van der Waals surface area contributed by atoms with Crippen LogP contribution in [0.1, 0.15) is 19.4 Å².